The average Bonchev–Trinajstić information content (AvgIpc) is 2.99. The van der Waals surface area contributed by atoms with Crippen molar-refractivity contribution in [2.24, 2.45) is 23.7 Å². The summed E-state index contributed by atoms with van der Waals surface area (Å²) >= 11 is 0. The molecule has 1 saturated carbocycles. The first kappa shape index (κ1) is 12.7. The summed E-state index contributed by atoms with van der Waals surface area (Å²) in [4.78, 5) is 23.7. The van der Waals surface area contributed by atoms with E-state index in [1.54, 1.807) is 0 Å². The monoisotopic (exact) mass is 264 g/mol. The number of fused-ring (bicyclic) bond motifs is 2. The van der Waals surface area contributed by atoms with Crippen molar-refractivity contribution in [2.45, 2.75) is 25.7 Å². The normalized spacial score (nSPS) is 37.5. The number of carbonyl (C=O) groups excluding carboxylic acids is 1. The van der Waals surface area contributed by atoms with Gasteiger partial charge in [-0.05, 0) is 31.1 Å². The second-order valence-corrected chi connectivity index (χ2v) is 5.86. The fraction of sp³-hybridized carbons (Fsp3) is 0.714. The minimum Gasteiger partial charge on any atom is -0.481 e. The maximum atomic E-state index is 12.4. The largest absolute Gasteiger partial charge is 0.481 e. The molecule has 5 heteroatoms. The number of piperidine rings is 1. The Morgan fingerprint density at radius 1 is 1.05 bits per heavy atom. The van der Waals surface area contributed by atoms with Crippen LogP contribution in [0.3, 0.4) is 0 Å². The van der Waals surface area contributed by atoms with Crippen LogP contribution in [0.15, 0.2) is 12.2 Å². The molecule has 1 amide bonds. The lowest BCUT2D eigenvalue weighted by molar-refractivity contribution is -0.149. The van der Waals surface area contributed by atoms with Crippen molar-refractivity contribution < 1.29 is 14.7 Å². The predicted octanol–water partition coefficient (Wildman–Crippen LogP) is 1.03. The Labute approximate surface area is 112 Å². The van der Waals surface area contributed by atoms with Crippen molar-refractivity contribution >= 4 is 11.9 Å². The topological polar surface area (TPSA) is 69.6 Å². The van der Waals surface area contributed by atoms with E-state index >= 15 is 0 Å². The number of hydrazine groups is 1. The summed E-state index contributed by atoms with van der Waals surface area (Å²) in [5.41, 5.74) is 2.93. The number of carboxylic acids is 1. The minimum atomic E-state index is -0.837. The molecule has 0 aromatic rings. The molecule has 0 spiro atoms. The first-order chi connectivity index (χ1) is 9.16. The van der Waals surface area contributed by atoms with Gasteiger partial charge in [0.2, 0.25) is 5.91 Å². The Hall–Kier alpha value is -1.36. The standard InChI is InChI=1S/C14H20N2O3/c17-13(15-16-6-2-1-3-7-16)11-9-4-5-10(8-9)12(11)14(18)19/h4-5,9-12H,1-3,6-8H2,(H,15,17)(H,18,19)/t9?,10?,11-,12+/m0/s1. The van der Waals surface area contributed by atoms with Crippen molar-refractivity contribution in [3.05, 3.63) is 12.2 Å². The van der Waals surface area contributed by atoms with Crippen molar-refractivity contribution in [3.8, 4) is 0 Å². The van der Waals surface area contributed by atoms with Gasteiger partial charge in [0.25, 0.3) is 0 Å². The lowest BCUT2D eigenvalue weighted by Gasteiger charge is -2.30. The highest BCUT2D eigenvalue weighted by molar-refractivity contribution is 5.86. The molecule has 2 aliphatic carbocycles. The van der Waals surface area contributed by atoms with Crippen LogP contribution >= 0.6 is 0 Å². The first-order valence-corrected chi connectivity index (χ1v) is 7.13. The van der Waals surface area contributed by atoms with Gasteiger partial charge in [0.05, 0.1) is 11.8 Å². The summed E-state index contributed by atoms with van der Waals surface area (Å²) in [6.07, 6.45) is 8.20. The Balaban J connectivity index is 1.68. The number of aliphatic carboxylic acids is 1. The number of carboxylic acid groups (broad SMARTS) is 1. The Morgan fingerprint density at radius 2 is 1.68 bits per heavy atom. The summed E-state index contributed by atoms with van der Waals surface area (Å²) in [6, 6.07) is 0. The van der Waals surface area contributed by atoms with E-state index in [0.29, 0.717) is 0 Å². The van der Waals surface area contributed by atoms with Gasteiger partial charge in [-0.15, -0.1) is 0 Å². The molecule has 19 heavy (non-hydrogen) atoms. The number of hydrogen-bond acceptors (Lipinski definition) is 3. The molecule has 0 aromatic carbocycles. The number of nitrogens with zero attached hydrogens (tertiary/aromatic N) is 1. The highest BCUT2D eigenvalue weighted by Crippen LogP contribution is 2.48. The number of nitrogens with one attached hydrogen (secondary N) is 1. The molecule has 5 nitrogen and oxygen atoms in total. The highest BCUT2D eigenvalue weighted by atomic mass is 16.4. The summed E-state index contributed by atoms with van der Waals surface area (Å²) < 4.78 is 0. The third kappa shape index (κ3) is 2.27. The van der Waals surface area contributed by atoms with Crippen LogP contribution in [0.2, 0.25) is 0 Å². The van der Waals surface area contributed by atoms with Crippen LogP contribution < -0.4 is 5.43 Å². The number of rotatable bonds is 3. The highest BCUT2D eigenvalue weighted by Gasteiger charge is 2.51. The van der Waals surface area contributed by atoms with Crippen LogP contribution in [-0.2, 0) is 9.59 Å². The zero-order chi connectivity index (χ0) is 13.4. The molecule has 104 valence electrons. The summed E-state index contributed by atoms with van der Waals surface area (Å²) in [6.45, 7) is 1.75. The Bertz CT molecular complexity index is 415. The smallest absolute Gasteiger partial charge is 0.307 e. The van der Waals surface area contributed by atoms with Gasteiger partial charge in [-0.2, -0.15) is 0 Å². The van der Waals surface area contributed by atoms with Crippen LogP contribution in [0, 0.1) is 23.7 Å². The van der Waals surface area contributed by atoms with Gasteiger partial charge < -0.3 is 5.11 Å². The minimum absolute atomic E-state index is 0.0413. The maximum absolute atomic E-state index is 12.4. The van der Waals surface area contributed by atoms with Crippen molar-refractivity contribution in [1.82, 2.24) is 10.4 Å². The molecule has 3 aliphatic rings. The molecule has 2 bridgehead atoms. The van der Waals surface area contributed by atoms with Gasteiger partial charge in [-0.1, -0.05) is 18.6 Å². The average molecular weight is 264 g/mol. The van der Waals surface area contributed by atoms with Crippen LogP contribution in [0.1, 0.15) is 25.7 Å². The van der Waals surface area contributed by atoms with Crippen molar-refractivity contribution in [3.63, 3.8) is 0 Å². The van der Waals surface area contributed by atoms with Gasteiger partial charge in [0.1, 0.15) is 0 Å². The van der Waals surface area contributed by atoms with Crippen molar-refractivity contribution in [2.75, 3.05) is 13.1 Å². The molecule has 1 heterocycles. The van der Waals surface area contributed by atoms with Gasteiger partial charge in [0.15, 0.2) is 0 Å². The van der Waals surface area contributed by atoms with Gasteiger partial charge in [-0.3, -0.25) is 15.0 Å². The molecular weight excluding hydrogens is 244 g/mol. The third-order valence-corrected chi connectivity index (χ3v) is 4.67. The van der Waals surface area contributed by atoms with E-state index in [4.69, 9.17) is 0 Å². The molecule has 0 radical (unpaired) electrons. The second-order valence-electron chi connectivity index (χ2n) is 5.86. The lowest BCUT2D eigenvalue weighted by Crippen LogP contribution is -2.50. The zero-order valence-corrected chi connectivity index (χ0v) is 10.9. The SMILES string of the molecule is O=C(O)[C@@H]1C2C=CC(C2)[C@@H]1C(=O)NN1CCCCC1. The first-order valence-electron chi connectivity index (χ1n) is 7.13. The molecule has 0 aromatic heterocycles. The molecule has 1 saturated heterocycles. The predicted molar refractivity (Wildman–Crippen MR) is 68.9 cm³/mol. The van der Waals surface area contributed by atoms with E-state index in [1.165, 1.54) is 6.42 Å². The fourth-order valence-corrected chi connectivity index (χ4v) is 3.75. The van der Waals surface area contributed by atoms with E-state index in [-0.39, 0.29) is 17.7 Å². The quantitative estimate of drug-likeness (QED) is 0.747. The number of hydrogen-bond donors (Lipinski definition) is 2. The summed E-state index contributed by atoms with van der Waals surface area (Å²) in [7, 11) is 0. The second kappa shape index (κ2) is 4.96. The van der Waals surface area contributed by atoms with Crippen LogP contribution in [0.4, 0.5) is 0 Å². The molecule has 2 fully saturated rings. The van der Waals surface area contributed by atoms with E-state index in [2.05, 4.69) is 5.43 Å². The number of carbonyl (C=O) groups is 2. The fourth-order valence-electron chi connectivity index (χ4n) is 3.75. The summed E-state index contributed by atoms with van der Waals surface area (Å²) in [5, 5.41) is 11.3. The molecular formula is C14H20N2O3. The molecule has 3 rings (SSSR count). The molecule has 4 atom stereocenters. The maximum Gasteiger partial charge on any atom is 0.307 e. The van der Waals surface area contributed by atoms with Gasteiger partial charge in [-0.25, -0.2) is 5.01 Å². The number of allylic oxidation sites excluding steroid dienone is 2. The van der Waals surface area contributed by atoms with Crippen molar-refractivity contribution in [1.29, 1.82) is 0 Å². The van der Waals surface area contributed by atoms with Crippen LogP contribution in [-0.4, -0.2) is 35.1 Å². The lowest BCUT2D eigenvalue weighted by atomic mass is 9.82. The molecule has 2 N–H and O–H groups in total. The van der Waals surface area contributed by atoms with Crippen LogP contribution in [0.5, 0.6) is 0 Å². The Kier molecular flexibility index (Phi) is 3.31. The van der Waals surface area contributed by atoms with Crippen LogP contribution in [0.25, 0.3) is 0 Å². The van der Waals surface area contributed by atoms with Gasteiger partial charge >= 0.3 is 5.97 Å². The third-order valence-electron chi connectivity index (χ3n) is 4.67. The molecule has 1 aliphatic heterocycles. The van der Waals surface area contributed by atoms with E-state index in [0.717, 1.165) is 32.4 Å². The van der Waals surface area contributed by atoms with Gasteiger partial charge in [0, 0.05) is 13.1 Å². The summed E-state index contributed by atoms with van der Waals surface area (Å²) in [5.74, 6) is -1.73. The Morgan fingerprint density at radius 3 is 2.32 bits per heavy atom. The zero-order valence-electron chi connectivity index (χ0n) is 10.9. The van der Waals surface area contributed by atoms with E-state index in [1.807, 2.05) is 17.2 Å². The van der Waals surface area contributed by atoms with E-state index < -0.39 is 17.8 Å². The number of amides is 1. The molecule has 2 unspecified atom stereocenters. The van der Waals surface area contributed by atoms with E-state index in [9.17, 15) is 14.7 Å².